The van der Waals surface area contributed by atoms with Gasteiger partial charge in [-0.25, -0.2) is 24.4 Å². The highest BCUT2D eigenvalue weighted by molar-refractivity contribution is 7.20. The van der Waals surface area contributed by atoms with Crippen LogP contribution in [0.1, 0.15) is 21.8 Å². The first-order valence-corrected chi connectivity index (χ1v) is 11.0. The van der Waals surface area contributed by atoms with E-state index in [0.29, 0.717) is 39.8 Å². The summed E-state index contributed by atoms with van der Waals surface area (Å²) in [4.78, 5) is 26.4. The molecule has 0 radical (unpaired) electrons. The Balaban J connectivity index is 1.28. The van der Waals surface area contributed by atoms with Gasteiger partial charge < -0.3 is 15.0 Å². The van der Waals surface area contributed by atoms with Crippen molar-refractivity contribution in [3.05, 3.63) is 58.6 Å². The summed E-state index contributed by atoms with van der Waals surface area (Å²) in [6.45, 7) is 2.76. The SMILES string of the molecule is Cc1nn(-c2ccccc2Cl)c2sc(C(=O)OCCCn3cnc4c(N)ncnc43)cc12. The normalized spacial score (nSPS) is 11.4. The van der Waals surface area contributed by atoms with Crippen molar-refractivity contribution in [2.75, 3.05) is 12.3 Å². The lowest BCUT2D eigenvalue weighted by Gasteiger charge is -2.05. The Morgan fingerprint density at radius 1 is 1.25 bits per heavy atom. The van der Waals surface area contributed by atoms with E-state index in [1.54, 1.807) is 11.0 Å². The van der Waals surface area contributed by atoms with E-state index in [-0.39, 0.29) is 12.6 Å². The molecule has 0 saturated heterocycles. The van der Waals surface area contributed by atoms with E-state index in [1.807, 2.05) is 41.8 Å². The molecule has 9 nitrogen and oxygen atoms in total. The van der Waals surface area contributed by atoms with Crippen molar-refractivity contribution in [1.82, 2.24) is 29.3 Å². The van der Waals surface area contributed by atoms with E-state index in [1.165, 1.54) is 17.7 Å². The summed E-state index contributed by atoms with van der Waals surface area (Å²) in [5.41, 5.74) is 8.63. The zero-order chi connectivity index (χ0) is 22.2. The zero-order valence-electron chi connectivity index (χ0n) is 17.0. The van der Waals surface area contributed by atoms with Gasteiger partial charge in [-0.2, -0.15) is 5.10 Å². The first-order valence-electron chi connectivity index (χ1n) is 9.85. The molecular formula is C21H18ClN7O2S. The third-order valence-corrected chi connectivity index (χ3v) is 6.44. The van der Waals surface area contributed by atoms with Gasteiger partial charge in [-0.3, -0.25) is 0 Å². The largest absolute Gasteiger partial charge is 0.461 e. The summed E-state index contributed by atoms with van der Waals surface area (Å²) < 4.78 is 9.13. The number of aromatic nitrogens is 6. The van der Waals surface area contributed by atoms with E-state index in [0.717, 1.165) is 21.6 Å². The molecule has 0 bridgehead atoms. The number of fused-ring (bicyclic) bond motifs is 2. The number of carbonyl (C=O) groups excluding carboxylic acids is 1. The highest BCUT2D eigenvalue weighted by Gasteiger charge is 2.19. The highest BCUT2D eigenvalue weighted by Crippen LogP contribution is 2.32. The Morgan fingerprint density at radius 3 is 2.94 bits per heavy atom. The summed E-state index contributed by atoms with van der Waals surface area (Å²) >= 11 is 7.68. The van der Waals surface area contributed by atoms with E-state index >= 15 is 0 Å². The molecule has 0 aliphatic rings. The molecule has 11 heteroatoms. The quantitative estimate of drug-likeness (QED) is 0.296. The van der Waals surface area contributed by atoms with Crippen molar-refractivity contribution < 1.29 is 9.53 Å². The second-order valence-electron chi connectivity index (χ2n) is 7.14. The lowest BCUT2D eigenvalue weighted by atomic mass is 10.3. The number of para-hydroxylation sites is 1. The summed E-state index contributed by atoms with van der Waals surface area (Å²) in [5.74, 6) is -0.0195. The Kier molecular flexibility index (Phi) is 5.24. The molecule has 0 saturated carbocycles. The second-order valence-corrected chi connectivity index (χ2v) is 8.57. The van der Waals surface area contributed by atoms with Crippen molar-refractivity contribution in [3.63, 3.8) is 0 Å². The molecule has 0 atom stereocenters. The Bertz CT molecular complexity index is 1460. The van der Waals surface area contributed by atoms with Gasteiger partial charge in [-0.15, -0.1) is 11.3 Å². The molecule has 4 heterocycles. The fourth-order valence-corrected chi connectivity index (χ4v) is 4.75. The molecule has 0 spiro atoms. The van der Waals surface area contributed by atoms with Crippen molar-refractivity contribution in [2.24, 2.45) is 0 Å². The smallest absolute Gasteiger partial charge is 0.348 e. The molecule has 0 aliphatic heterocycles. The maximum absolute atomic E-state index is 12.6. The lowest BCUT2D eigenvalue weighted by Crippen LogP contribution is -2.08. The molecule has 5 aromatic rings. The number of halogens is 1. The van der Waals surface area contributed by atoms with E-state index in [4.69, 9.17) is 22.1 Å². The summed E-state index contributed by atoms with van der Waals surface area (Å²) in [5, 5.41) is 6.08. The van der Waals surface area contributed by atoms with Crippen LogP contribution in [0.3, 0.4) is 0 Å². The van der Waals surface area contributed by atoms with Crippen LogP contribution in [0, 0.1) is 6.92 Å². The van der Waals surface area contributed by atoms with E-state index < -0.39 is 0 Å². The minimum absolute atomic E-state index is 0.267. The molecule has 0 unspecified atom stereocenters. The zero-order valence-corrected chi connectivity index (χ0v) is 18.6. The molecule has 5 rings (SSSR count). The van der Waals surface area contributed by atoms with Gasteiger partial charge in [-0.05, 0) is 31.5 Å². The van der Waals surface area contributed by atoms with Crippen LogP contribution in [0.5, 0.6) is 0 Å². The predicted octanol–water partition coefficient (Wildman–Crippen LogP) is 4.02. The average molecular weight is 468 g/mol. The van der Waals surface area contributed by atoms with Crippen LogP contribution in [0.4, 0.5) is 5.82 Å². The number of nitrogens with zero attached hydrogens (tertiary/aromatic N) is 6. The molecule has 162 valence electrons. The Morgan fingerprint density at radius 2 is 2.09 bits per heavy atom. The number of nitrogen functional groups attached to an aromatic ring is 1. The molecule has 4 aromatic heterocycles. The van der Waals surface area contributed by atoms with Crippen molar-refractivity contribution in [3.8, 4) is 5.69 Å². The van der Waals surface area contributed by atoms with Crippen molar-refractivity contribution >= 4 is 56.1 Å². The third-order valence-electron chi connectivity index (χ3n) is 5.03. The summed E-state index contributed by atoms with van der Waals surface area (Å²) in [6.07, 6.45) is 3.67. The minimum atomic E-state index is -0.363. The number of hydrogen-bond donors (Lipinski definition) is 1. The van der Waals surface area contributed by atoms with Crippen LogP contribution >= 0.6 is 22.9 Å². The molecule has 0 amide bonds. The first-order chi connectivity index (χ1) is 15.5. The second kappa shape index (κ2) is 8.21. The third kappa shape index (κ3) is 3.57. The molecule has 2 N–H and O–H groups in total. The topological polar surface area (TPSA) is 114 Å². The van der Waals surface area contributed by atoms with Crippen LogP contribution in [0.25, 0.3) is 27.1 Å². The summed E-state index contributed by atoms with van der Waals surface area (Å²) in [6, 6.07) is 9.29. The number of rotatable bonds is 6. The number of imidazole rings is 1. The van der Waals surface area contributed by atoms with Gasteiger partial charge in [0.2, 0.25) is 0 Å². The number of thiophene rings is 1. The number of anilines is 1. The van der Waals surface area contributed by atoms with Gasteiger partial charge in [0.25, 0.3) is 0 Å². The number of esters is 1. The van der Waals surface area contributed by atoms with Crippen molar-refractivity contribution in [1.29, 1.82) is 0 Å². The Labute approximate surface area is 191 Å². The fourth-order valence-electron chi connectivity index (χ4n) is 3.47. The number of aryl methyl sites for hydroxylation is 2. The van der Waals surface area contributed by atoms with Crippen LogP contribution in [0.15, 0.2) is 43.0 Å². The molecular weight excluding hydrogens is 450 g/mol. The molecule has 32 heavy (non-hydrogen) atoms. The average Bonchev–Trinajstić information content (AvgIpc) is 3.47. The number of benzene rings is 1. The minimum Gasteiger partial charge on any atom is -0.461 e. The first kappa shape index (κ1) is 20.4. The standard InChI is InChI=1S/C21H18ClN7O2S/c1-12-13-9-16(32-20(13)29(27-12)15-6-3-2-5-14(15)22)21(30)31-8-4-7-28-11-26-17-18(23)24-10-25-19(17)28/h2-3,5-6,9-11H,4,7-8H2,1H3,(H2,23,24,25). The van der Waals surface area contributed by atoms with Gasteiger partial charge in [-0.1, -0.05) is 23.7 Å². The van der Waals surface area contributed by atoms with Crippen LogP contribution in [-0.2, 0) is 11.3 Å². The van der Waals surface area contributed by atoms with Gasteiger partial charge in [0.15, 0.2) is 11.5 Å². The van der Waals surface area contributed by atoms with Gasteiger partial charge in [0.05, 0.1) is 29.3 Å². The van der Waals surface area contributed by atoms with Crippen LogP contribution in [-0.4, -0.2) is 41.9 Å². The van der Waals surface area contributed by atoms with Crippen molar-refractivity contribution in [2.45, 2.75) is 19.9 Å². The maximum Gasteiger partial charge on any atom is 0.348 e. The lowest BCUT2D eigenvalue weighted by molar-refractivity contribution is 0.0502. The van der Waals surface area contributed by atoms with E-state index in [9.17, 15) is 4.79 Å². The van der Waals surface area contributed by atoms with Crippen LogP contribution < -0.4 is 5.73 Å². The molecule has 0 fully saturated rings. The highest BCUT2D eigenvalue weighted by atomic mass is 35.5. The van der Waals surface area contributed by atoms with Gasteiger partial charge in [0.1, 0.15) is 21.6 Å². The van der Waals surface area contributed by atoms with Gasteiger partial charge >= 0.3 is 5.97 Å². The number of carbonyl (C=O) groups is 1. The number of nitrogens with two attached hydrogens (primary N) is 1. The van der Waals surface area contributed by atoms with E-state index in [2.05, 4.69) is 20.1 Å². The predicted molar refractivity (Wildman–Crippen MR) is 123 cm³/mol. The molecule has 0 aliphatic carbocycles. The number of ether oxygens (including phenoxy) is 1. The fraction of sp³-hybridized carbons (Fsp3) is 0.190. The Hall–Kier alpha value is -3.50. The molecule has 1 aromatic carbocycles. The van der Waals surface area contributed by atoms with Crippen LogP contribution in [0.2, 0.25) is 5.02 Å². The summed E-state index contributed by atoms with van der Waals surface area (Å²) in [7, 11) is 0. The number of hydrogen-bond acceptors (Lipinski definition) is 8. The van der Waals surface area contributed by atoms with Gasteiger partial charge in [0, 0.05) is 11.9 Å². The monoisotopic (exact) mass is 467 g/mol. The maximum atomic E-state index is 12.6.